The van der Waals surface area contributed by atoms with Crippen LogP contribution in [0.5, 0.6) is 0 Å². The number of unbranched alkanes of at least 4 members (excludes halogenated alkanes) is 1. The molecule has 4 rings (SSSR count). The molecule has 1 aromatic heterocycles. The molecular formula is C20H17N7O2. The average molecular weight is 387 g/mol. The van der Waals surface area contributed by atoms with Crippen LogP contribution >= 0.6 is 0 Å². The van der Waals surface area contributed by atoms with Gasteiger partial charge >= 0.3 is 0 Å². The van der Waals surface area contributed by atoms with Gasteiger partial charge in [-0.2, -0.15) is 10.1 Å². The van der Waals surface area contributed by atoms with Gasteiger partial charge in [-0.25, -0.2) is 0 Å². The van der Waals surface area contributed by atoms with Crippen molar-refractivity contribution in [3.05, 3.63) is 52.1 Å². The van der Waals surface area contributed by atoms with E-state index in [1.807, 2.05) is 13.0 Å². The topological polar surface area (TPSA) is 154 Å². The lowest BCUT2D eigenvalue weighted by Gasteiger charge is -2.22. The number of rotatable bonds is 4. The van der Waals surface area contributed by atoms with Gasteiger partial charge in [-0.15, -0.1) is 10.2 Å². The summed E-state index contributed by atoms with van der Waals surface area (Å²) in [4.78, 5) is 27.5. The number of benzene rings is 2. The summed E-state index contributed by atoms with van der Waals surface area (Å²) < 4.78 is 0. The number of nitrogen functional groups attached to an aromatic ring is 2. The van der Waals surface area contributed by atoms with Crippen molar-refractivity contribution in [1.82, 2.24) is 20.2 Å². The van der Waals surface area contributed by atoms with Crippen molar-refractivity contribution >= 4 is 22.9 Å². The Hall–Kier alpha value is -4.06. The smallest absolute Gasteiger partial charge is 0.208 e. The van der Waals surface area contributed by atoms with Gasteiger partial charge in [0.1, 0.15) is 6.07 Å². The fourth-order valence-electron chi connectivity index (χ4n) is 3.49. The van der Waals surface area contributed by atoms with E-state index in [4.69, 9.17) is 11.5 Å². The Bertz CT molecular complexity index is 1220. The average Bonchev–Trinajstić information content (AvgIpc) is 3.19. The highest BCUT2D eigenvalue weighted by Crippen LogP contribution is 2.42. The molecule has 3 aromatic rings. The molecule has 0 aliphatic heterocycles. The summed E-state index contributed by atoms with van der Waals surface area (Å²) in [5.41, 5.74) is 12.8. The molecule has 0 spiro atoms. The van der Waals surface area contributed by atoms with Gasteiger partial charge in [0.25, 0.3) is 0 Å². The monoisotopic (exact) mass is 387 g/mol. The number of hydrogen-bond donors (Lipinski definition) is 2. The maximum atomic E-state index is 13.1. The van der Waals surface area contributed by atoms with Crippen LogP contribution in [0.2, 0.25) is 0 Å². The van der Waals surface area contributed by atoms with Gasteiger partial charge in [0.2, 0.25) is 5.82 Å². The zero-order chi connectivity index (χ0) is 20.7. The SMILES string of the molecule is CCCCn1nnc(-c2c(N)c3c(c(N)c2C#N)C(=O)c2ccccc2C3=O)n1. The van der Waals surface area contributed by atoms with Crippen LogP contribution in [0.4, 0.5) is 11.4 Å². The summed E-state index contributed by atoms with van der Waals surface area (Å²) in [6.45, 7) is 2.59. The van der Waals surface area contributed by atoms with E-state index in [2.05, 4.69) is 15.4 Å². The quantitative estimate of drug-likeness (QED) is 0.504. The van der Waals surface area contributed by atoms with E-state index in [0.29, 0.717) is 6.54 Å². The minimum absolute atomic E-state index is 0.0230. The van der Waals surface area contributed by atoms with E-state index in [-0.39, 0.29) is 50.6 Å². The summed E-state index contributed by atoms with van der Waals surface area (Å²) in [7, 11) is 0. The highest BCUT2D eigenvalue weighted by Gasteiger charge is 2.37. The Labute approximate surface area is 165 Å². The van der Waals surface area contributed by atoms with E-state index < -0.39 is 11.6 Å². The molecule has 0 atom stereocenters. The molecular weight excluding hydrogens is 370 g/mol. The first kappa shape index (κ1) is 18.3. The molecule has 0 amide bonds. The lowest BCUT2D eigenvalue weighted by Crippen LogP contribution is -2.25. The number of tetrazole rings is 1. The van der Waals surface area contributed by atoms with E-state index in [9.17, 15) is 14.9 Å². The summed E-state index contributed by atoms with van der Waals surface area (Å²) >= 11 is 0. The molecule has 2 aromatic carbocycles. The Balaban J connectivity index is 1.98. The Kier molecular flexibility index (Phi) is 4.31. The fraction of sp³-hybridized carbons (Fsp3) is 0.200. The first-order valence-electron chi connectivity index (χ1n) is 9.11. The molecule has 4 N–H and O–H groups in total. The molecule has 144 valence electrons. The highest BCUT2D eigenvalue weighted by molar-refractivity contribution is 6.32. The maximum Gasteiger partial charge on any atom is 0.208 e. The molecule has 0 unspecified atom stereocenters. The van der Waals surface area contributed by atoms with Crippen LogP contribution in [-0.2, 0) is 6.54 Å². The standard InChI is InChI=1S/C20H17N7O2/c1-2-3-8-27-25-20(24-26-27)13-12(9-21)16(22)14-15(17(13)23)19(29)11-7-5-4-6-10(11)18(14)28/h4-7H,2-3,8,22-23H2,1H3. The number of nitrogens with zero attached hydrogens (tertiary/aromatic N) is 5. The van der Waals surface area contributed by atoms with Gasteiger partial charge < -0.3 is 11.5 Å². The van der Waals surface area contributed by atoms with E-state index >= 15 is 0 Å². The summed E-state index contributed by atoms with van der Waals surface area (Å²) in [6, 6.07) is 8.42. The van der Waals surface area contributed by atoms with Crippen LogP contribution in [0.1, 0.15) is 57.2 Å². The first-order valence-corrected chi connectivity index (χ1v) is 9.11. The number of ketones is 2. The van der Waals surface area contributed by atoms with Crippen molar-refractivity contribution in [2.24, 2.45) is 0 Å². The molecule has 9 heteroatoms. The Morgan fingerprint density at radius 3 is 2.24 bits per heavy atom. The van der Waals surface area contributed by atoms with Crippen molar-refractivity contribution < 1.29 is 9.59 Å². The minimum Gasteiger partial charge on any atom is -0.397 e. The molecule has 0 fully saturated rings. The van der Waals surface area contributed by atoms with E-state index in [0.717, 1.165) is 12.8 Å². The number of carbonyl (C=O) groups excluding carboxylic acids is 2. The van der Waals surface area contributed by atoms with Crippen molar-refractivity contribution in [3.8, 4) is 17.5 Å². The second kappa shape index (κ2) is 6.83. The lowest BCUT2D eigenvalue weighted by molar-refractivity contribution is 0.0980. The first-order chi connectivity index (χ1) is 14.0. The summed E-state index contributed by atoms with van der Waals surface area (Å²) in [6.07, 6.45) is 1.80. The van der Waals surface area contributed by atoms with E-state index in [1.165, 1.54) is 4.80 Å². The van der Waals surface area contributed by atoms with Crippen molar-refractivity contribution in [3.63, 3.8) is 0 Å². The van der Waals surface area contributed by atoms with Crippen molar-refractivity contribution in [2.45, 2.75) is 26.3 Å². The minimum atomic E-state index is -0.443. The molecule has 0 saturated heterocycles. The normalized spacial score (nSPS) is 12.4. The third-order valence-corrected chi connectivity index (χ3v) is 4.95. The van der Waals surface area contributed by atoms with Crippen LogP contribution < -0.4 is 11.5 Å². The van der Waals surface area contributed by atoms with Crippen LogP contribution in [0.3, 0.4) is 0 Å². The summed E-state index contributed by atoms with van der Waals surface area (Å²) in [5, 5.41) is 22.0. The zero-order valence-electron chi connectivity index (χ0n) is 15.6. The van der Waals surface area contributed by atoms with Crippen LogP contribution in [0.25, 0.3) is 11.4 Å². The molecule has 1 heterocycles. The molecule has 1 aliphatic carbocycles. The third kappa shape index (κ3) is 2.65. The molecule has 9 nitrogen and oxygen atoms in total. The molecule has 0 saturated carbocycles. The second-order valence-electron chi connectivity index (χ2n) is 6.71. The largest absolute Gasteiger partial charge is 0.397 e. The predicted molar refractivity (Wildman–Crippen MR) is 105 cm³/mol. The number of nitrogens with two attached hydrogens (primary N) is 2. The van der Waals surface area contributed by atoms with Crippen molar-refractivity contribution in [2.75, 3.05) is 11.5 Å². The van der Waals surface area contributed by atoms with Gasteiger partial charge in [-0.3, -0.25) is 9.59 Å². The molecule has 0 radical (unpaired) electrons. The van der Waals surface area contributed by atoms with Gasteiger partial charge in [0.15, 0.2) is 11.6 Å². The number of aryl methyl sites for hydroxylation is 1. The zero-order valence-corrected chi connectivity index (χ0v) is 15.6. The van der Waals surface area contributed by atoms with Crippen LogP contribution in [0.15, 0.2) is 24.3 Å². The molecule has 1 aliphatic rings. The third-order valence-electron chi connectivity index (χ3n) is 4.95. The molecule has 0 bridgehead atoms. The summed E-state index contributed by atoms with van der Waals surface area (Å²) in [5.74, 6) is -0.783. The Morgan fingerprint density at radius 1 is 1.03 bits per heavy atom. The second-order valence-corrected chi connectivity index (χ2v) is 6.71. The lowest BCUT2D eigenvalue weighted by atomic mass is 9.79. The van der Waals surface area contributed by atoms with Crippen LogP contribution in [0, 0.1) is 11.3 Å². The maximum absolute atomic E-state index is 13.1. The Morgan fingerprint density at radius 2 is 1.66 bits per heavy atom. The van der Waals surface area contributed by atoms with Crippen molar-refractivity contribution in [1.29, 1.82) is 5.26 Å². The predicted octanol–water partition coefficient (Wildman–Crippen LogP) is 1.95. The highest BCUT2D eigenvalue weighted by atomic mass is 16.1. The molecule has 29 heavy (non-hydrogen) atoms. The van der Waals surface area contributed by atoms with Gasteiger partial charge in [-0.05, 0) is 11.6 Å². The number of aromatic nitrogens is 4. The number of nitriles is 1. The number of anilines is 2. The fourth-order valence-corrected chi connectivity index (χ4v) is 3.49. The van der Waals surface area contributed by atoms with Gasteiger partial charge in [-0.1, -0.05) is 37.6 Å². The van der Waals surface area contributed by atoms with Crippen LogP contribution in [-0.4, -0.2) is 31.8 Å². The number of fused-ring (bicyclic) bond motifs is 2. The van der Waals surface area contributed by atoms with Gasteiger partial charge in [0, 0.05) is 11.1 Å². The van der Waals surface area contributed by atoms with Gasteiger partial charge in [0.05, 0.1) is 40.2 Å². The number of carbonyl (C=O) groups is 2. The van der Waals surface area contributed by atoms with E-state index in [1.54, 1.807) is 24.3 Å². The number of hydrogen-bond acceptors (Lipinski definition) is 8.